The van der Waals surface area contributed by atoms with E-state index < -0.39 is 0 Å². The number of carbonyl (C=O) groups is 2. The van der Waals surface area contributed by atoms with Crippen molar-refractivity contribution in [2.45, 2.75) is 25.6 Å². The van der Waals surface area contributed by atoms with Crippen LogP contribution in [0.15, 0.2) is 36.4 Å². The first-order chi connectivity index (χ1) is 13.2. The number of anilines is 1. The second-order valence-corrected chi connectivity index (χ2v) is 6.78. The molecular weight excluding hydrogens is 346 g/mol. The third kappa shape index (κ3) is 4.17. The fourth-order valence-electron chi connectivity index (χ4n) is 3.38. The average Bonchev–Trinajstić information content (AvgIpc) is 3.13. The number of amides is 2. The second-order valence-electron chi connectivity index (χ2n) is 6.78. The SMILES string of the molecule is O=C(Nc1ccccc1)c1cc2n(n1)CCN(C(=O)C[C@@H]1CNCCO1)C2. The van der Waals surface area contributed by atoms with Crippen LogP contribution in [0, 0.1) is 0 Å². The van der Waals surface area contributed by atoms with Crippen molar-refractivity contribution < 1.29 is 14.3 Å². The van der Waals surface area contributed by atoms with Gasteiger partial charge < -0.3 is 20.3 Å². The summed E-state index contributed by atoms with van der Waals surface area (Å²) in [5, 5.41) is 10.5. The molecule has 0 bridgehead atoms. The summed E-state index contributed by atoms with van der Waals surface area (Å²) in [6, 6.07) is 11.0. The number of morpholine rings is 1. The van der Waals surface area contributed by atoms with Gasteiger partial charge >= 0.3 is 0 Å². The molecule has 0 aliphatic carbocycles. The Bertz CT molecular complexity index is 814. The highest BCUT2D eigenvalue weighted by Crippen LogP contribution is 2.17. The van der Waals surface area contributed by atoms with Crippen molar-refractivity contribution in [3.05, 3.63) is 47.8 Å². The molecule has 0 spiro atoms. The zero-order chi connectivity index (χ0) is 18.6. The number of para-hydroxylation sites is 1. The van der Waals surface area contributed by atoms with E-state index in [1.54, 1.807) is 6.07 Å². The van der Waals surface area contributed by atoms with E-state index in [0.717, 1.165) is 17.9 Å². The molecule has 2 aromatic rings. The van der Waals surface area contributed by atoms with Crippen molar-refractivity contribution in [2.75, 3.05) is 31.6 Å². The zero-order valence-corrected chi connectivity index (χ0v) is 15.1. The van der Waals surface area contributed by atoms with Gasteiger partial charge in [-0.3, -0.25) is 14.3 Å². The summed E-state index contributed by atoms with van der Waals surface area (Å²) < 4.78 is 7.43. The van der Waals surface area contributed by atoms with Gasteiger partial charge in [-0.25, -0.2) is 0 Å². The molecule has 1 aromatic heterocycles. The molecule has 0 saturated carbocycles. The van der Waals surface area contributed by atoms with Gasteiger partial charge in [-0.15, -0.1) is 0 Å². The molecule has 1 aromatic carbocycles. The number of aromatic nitrogens is 2. The number of nitrogens with zero attached hydrogens (tertiary/aromatic N) is 3. The van der Waals surface area contributed by atoms with Gasteiger partial charge in [0.15, 0.2) is 5.69 Å². The summed E-state index contributed by atoms with van der Waals surface area (Å²) in [4.78, 5) is 26.8. The van der Waals surface area contributed by atoms with Gasteiger partial charge in [0.2, 0.25) is 5.91 Å². The lowest BCUT2D eigenvalue weighted by molar-refractivity contribution is -0.136. The third-order valence-electron chi connectivity index (χ3n) is 4.82. The van der Waals surface area contributed by atoms with E-state index in [4.69, 9.17) is 4.74 Å². The minimum absolute atomic E-state index is 0.0645. The van der Waals surface area contributed by atoms with Crippen LogP contribution in [0.1, 0.15) is 22.6 Å². The van der Waals surface area contributed by atoms with Crippen LogP contribution in [0.2, 0.25) is 0 Å². The van der Waals surface area contributed by atoms with Crippen molar-refractivity contribution >= 4 is 17.5 Å². The van der Waals surface area contributed by atoms with Gasteiger partial charge in [0.1, 0.15) is 0 Å². The molecule has 2 aliphatic heterocycles. The Balaban J connectivity index is 1.38. The predicted octanol–water partition coefficient (Wildman–Crippen LogP) is 0.856. The quantitative estimate of drug-likeness (QED) is 0.834. The minimum Gasteiger partial charge on any atom is -0.375 e. The number of rotatable bonds is 4. The van der Waals surface area contributed by atoms with Gasteiger partial charge in [-0.05, 0) is 18.2 Å². The average molecular weight is 369 g/mol. The van der Waals surface area contributed by atoms with E-state index in [0.29, 0.717) is 44.9 Å². The molecule has 142 valence electrons. The highest BCUT2D eigenvalue weighted by molar-refractivity contribution is 6.02. The Morgan fingerprint density at radius 3 is 2.89 bits per heavy atom. The zero-order valence-electron chi connectivity index (χ0n) is 15.1. The molecule has 0 radical (unpaired) electrons. The molecular formula is C19H23N5O3. The van der Waals surface area contributed by atoms with Gasteiger partial charge in [0.05, 0.1) is 37.9 Å². The van der Waals surface area contributed by atoms with Crippen LogP contribution >= 0.6 is 0 Å². The third-order valence-corrected chi connectivity index (χ3v) is 4.82. The van der Waals surface area contributed by atoms with Gasteiger partial charge in [0.25, 0.3) is 5.91 Å². The molecule has 1 saturated heterocycles. The maximum absolute atomic E-state index is 12.6. The van der Waals surface area contributed by atoms with Crippen LogP contribution in [0.4, 0.5) is 5.69 Å². The van der Waals surface area contributed by atoms with Crippen molar-refractivity contribution in [3.8, 4) is 0 Å². The van der Waals surface area contributed by atoms with Gasteiger partial charge in [0, 0.05) is 25.3 Å². The maximum Gasteiger partial charge on any atom is 0.276 e. The Kier molecular flexibility index (Phi) is 5.17. The maximum atomic E-state index is 12.6. The number of fused-ring (bicyclic) bond motifs is 1. The normalized spacial score (nSPS) is 19.4. The largest absolute Gasteiger partial charge is 0.375 e. The summed E-state index contributed by atoms with van der Waals surface area (Å²) in [5.41, 5.74) is 1.96. The fourth-order valence-corrected chi connectivity index (χ4v) is 3.38. The Morgan fingerprint density at radius 1 is 1.26 bits per heavy atom. The highest BCUT2D eigenvalue weighted by Gasteiger charge is 2.26. The second kappa shape index (κ2) is 7.89. The number of nitrogens with one attached hydrogen (secondary N) is 2. The summed E-state index contributed by atoms with van der Waals surface area (Å²) in [7, 11) is 0. The van der Waals surface area contributed by atoms with Gasteiger partial charge in [-0.1, -0.05) is 18.2 Å². The number of hydrogen-bond acceptors (Lipinski definition) is 5. The van der Waals surface area contributed by atoms with Crippen LogP contribution in [0.3, 0.4) is 0 Å². The molecule has 27 heavy (non-hydrogen) atoms. The molecule has 3 heterocycles. The standard InChI is InChI=1S/C19H23N5O3/c25-18(11-16-12-20-6-9-27-16)23-7-8-24-15(13-23)10-17(22-24)19(26)21-14-4-2-1-3-5-14/h1-5,10,16,20H,6-9,11-13H2,(H,21,26)/t16-/m1/s1. The number of hydrogen-bond donors (Lipinski definition) is 2. The molecule has 0 unspecified atom stereocenters. The smallest absolute Gasteiger partial charge is 0.276 e. The summed E-state index contributed by atoms with van der Waals surface area (Å²) in [6.07, 6.45) is 0.313. The first-order valence-corrected chi connectivity index (χ1v) is 9.22. The van der Waals surface area contributed by atoms with Crippen molar-refractivity contribution in [1.82, 2.24) is 20.0 Å². The van der Waals surface area contributed by atoms with Crippen LogP contribution in [0.25, 0.3) is 0 Å². The Morgan fingerprint density at radius 2 is 2.11 bits per heavy atom. The summed E-state index contributed by atoms with van der Waals surface area (Å²) >= 11 is 0. The molecule has 4 rings (SSSR count). The van der Waals surface area contributed by atoms with Crippen LogP contribution in [-0.2, 0) is 22.6 Å². The highest BCUT2D eigenvalue weighted by atomic mass is 16.5. The van der Waals surface area contributed by atoms with Crippen LogP contribution in [0.5, 0.6) is 0 Å². The lowest BCUT2D eigenvalue weighted by Gasteiger charge is -2.30. The van der Waals surface area contributed by atoms with E-state index in [-0.39, 0.29) is 17.9 Å². The molecule has 1 atom stereocenters. The first kappa shape index (κ1) is 17.7. The molecule has 2 amide bonds. The van der Waals surface area contributed by atoms with Crippen molar-refractivity contribution in [1.29, 1.82) is 0 Å². The van der Waals surface area contributed by atoms with Crippen LogP contribution in [-0.4, -0.2) is 58.8 Å². The van der Waals surface area contributed by atoms with Crippen LogP contribution < -0.4 is 10.6 Å². The van der Waals surface area contributed by atoms with Gasteiger partial charge in [-0.2, -0.15) is 5.10 Å². The monoisotopic (exact) mass is 369 g/mol. The minimum atomic E-state index is -0.248. The van der Waals surface area contributed by atoms with Crippen molar-refractivity contribution in [2.24, 2.45) is 0 Å². The number of carbonyl (C=O) groups excluding carboxylic acids is 2. The molecule has 1 fully saturated rings. The predicted molar refractivity (Wildman–Crippen MR) is 99.3 cm³/mol. The van der Waals surface area contributed by atoms with E-state index in [1.165, 1.54) is 0 Å². The number of benzene rings is 1. The van der Waals surface area contributed by atoms with E-state index in [1.807, 2.05) is 39.9 Å². The lowest BCUT2D eigenvalue weighted by atomic mass is 10.2. The summed E-state index contributed by atoms with van der Waals surface area (Å²) in [6.45, 7) is 3.83. The number of ether oxygens (including phenoxy) is 1. The molecule has 2 aliphatic rings. The lowest BCUT2D eigenvalue weighted by Crippen LogP contribution is -2.44. The molecule has 8 heteroatoms. The van der Waals surface area contributed by atoms with E-state index >= 15 is 0 Å². The molecule has 2 N–H and O–H groups in total. The fraction of sp³-hybridized carbons (Fsp3) is 0.421. The Labute approximate surface area is 157 Å². The Hall–Kier alpha value is -2.71. The van der Waals surface area contributed by atoms with E-state index in [2.05, 4.69) is 15.7 Å². The van der Waals surface area contributed by atoms with Crippen molar-refractivity contribution in [3.63, 3.8) is 0 Å². The van der Waals surface area contributed by atoms with E-state index in [9.17, 15) is 9.59 Å². The molecule has 8 nitrogen and oxygen atoms in total. The topological polar surface area (TPSA) is 88.5 Å². The summed E-state index contributed by atoms with van der Waals surface area (Å²) in [5.74, 6) is -0.172. The first-order valence-electron chi connectivity index (χ1n) is 9.22.